The molecule has 2 nitrogen and oxygen atoms in total. The number of ketones is 1. The maximum absolute atomic E-state index is 13.4. The fourth-order valence-corrected chi connectivity index (χ4v) is 5.42. The number of rotatable bonds is 9. The van der Waals surface area contributed by atoms with E-state index in [0.717, 1.165) is 36.0 Å². The summed E-state index contributed by atoms with van der Waals surface area (Å²) in [5, 5.41) is 0. The Labute approximate surface area is 214 Å². The van der Waals surface area contributed by atoms with E-state index in [1.807, 2.05) is 24.3 Å². The van der Waals surface area contributed by atoms with E-state index in [9.17, 15) is 4.79 Å². The van der Waals surface area contributed by atoms with Gasteiger partial charge in [0.15, 0.2) is 5.78 Å². The maximum Gasteiger partial charge on any atom is 0.193 e. The average Bonchev–Trinajstić information content (AvgIpc) is 2.87. The summed E-state index contributed by atoms with van der Waals surface area (Å²) in [4.78, 5) is 16.0. The summed E-state index contributed by atoms with van der Waals surface area (Å²) in [5.74, 6) is 0.195. The number of nitrogens with zero attached hydrogens (tertiary/aromatic N) is 1. The third kappa shape index (κ3) is 8.17. The number of carbonyl (C=O) groups excluding carboxylic acids is 1. The van der Waals surface area contributed by atoms with Crippen LogP contribution in [0.3, 0.4) is 0 Å². The summed E-state index contributed by atoms with van der Waals surface area (Å²) in [5.41, 5.74) is 8.11. The summed E-state index contributed by atoms with van der Waals surface area (Å²) in [6.07, 6.45) is 13.8. The number of hydrogen-bond donors (Lipinski definition) is 0. The summed E-state index contributed by atoms with van der Waals surface area (Å²) < 4.78 is 0. The number of allylic oxidation sites excluding steroid dienone is 2. The molecule has 1 saturated heterocycles. The van der Waals surface area contributed by atoms with Crippen LogP contribution in [0, 0.1) is 13.8 Å². The fourth-order valence-electron chi connectivity index (χ4n) is 5.42. The van der Waals surface area contributed by atoms with E-state index in [0.29, 0.717) is 0 Å². The molecule has 0 aromatic heterocycles. The Bertz CT molecular complexity index is 960. The second kappa shape index (κ2) is 14.4. The molecule has 2 aromatic carbocycles. The topological polar surface area (TPSA) is 20.3 Å². The van der Waals surface area contributed by atoms with Crippen molar-refractivity contribution < 1.29 is 4.79 Å². The van der Waals surface area contributed by atoms with Gasteiger partial charge in [-0.2, -0.15) is 0 Å². The zero-order chi connectivity index (χ0) is 25.0. The second-order valence-electron chi connectivity index (χ2n) is 10.5. The molecular formula is C33H47NO. The van der Waals surface area contributed by atoms with Crippen LogP contribution in [0.4, 0.5) is 0 Å². The van der Waals surface area contributed by atoms with Gasteiger partial charge in [0.25, 0.3) is 0 Å². The number of carbonyl (C=O) groups is 1. The van der Waals surface area contributed by atoms with Gasteiger partial charge >= 0.3 is 0 Å². The molecule has 0 atom stereocenters. The molecule has 2 aromatic rings. The van der Waals surface area contributed by atoms with Gasteiger partial charge in [0, 0.05) is 11.1 Å². The molecule has 0 bridgehead atoms. The van der Waals surface area contributed by atoms with E-state index < -0.39 is 0 Å². The molecular weight excluding hydrogens is 426 g/mol. The van der Waals surface area contributed by atoms with Crippen molar-refractivity contribution in [2.45, 2.75) is 98.3 Å². The molecule has 2 heteroatoms. The van der Waals surface area contributed by atoms with Gasteiger partial charge in [-0.1, -0.05) is 98.7 Å². The minimum Gasteiger partial charge on any atom is -0.303 e. The number of likely N-dealkylation sites (tertiary alicyclic amines) is 1. The van der Waals surface area contributed by atoms with Crippen LogP contribution in [0.25, 0.3) is 5.57 Å². The van der Waals surface area contributed by atoms with Gasteiger partial charge < -0.3 is 4.90 Å². The third-order valence-electron chi connectivity index (χ3n) is 7.44. The lowest BCUT2D eigenvalue weighted by Gasteiger charge is -2.25. The quantitative estimate of drug-likeness (QED) is 0.268. The van der Waals surface area contributed by atoms with E-state index >= 15 is 0 Å². The first-order valence-corrected chi connectivity index (χ1v) is 14.2. The van der Waals surface area contributed by atoms with Crippen molar-refractivity contribution in [2.24, 2.45) is 0 Å². The Balaban J connectivity index is 0.000000320. The van der Waals surface area contributed by atoms with Crippen LogP contribution >= 0.6 is 0 Å². The van der Waals surface area contributed by atoms with Crippen molar-refractivity contribution in [1.29, 1.82) is 0 Å². The molecule has 0 unspecified atom stereocenters. The lowest BCUT2D eigenvalue weighted by molar-refractivity contribution is 0.105. The molecule has 0 radical (unpaired) electrons. The number of benzene rings is 2. The first-order chi connectivity index (χ1) is 17.0. The Hall–Kier alpha value is -2.19. The smallest absolute Gasteiger partial charge is 0.193 e. The van der Waals surface area contributed by atoms with Crippen LogP contribution < -0.4 is 0 Å². The van der Waals surface area contributed by atoms with Crippen molar-refractivity contribution in [2.75, 3.05) is 19.6 Å². The first kappa shape index (κ1) is 27.4. The first-order valence-electron chi connectivity index (χ1n) is 14.2. The van der Waals surface area contributed by atoms with Crippen LogP contribution in [0.1, 0.15) is 111 Å². The van der Waals surface area contributed by atoms with Gasteiger partial charge in [0.1, 0.15) is 0 Å². The van der Waals surface area contributed by atoms with E-state index in [4.69, 9.17) is 0 Å². The van der Waals surface area contributed by atoms with E-state index in [1.165, 1.54) is 93.3 Å². The Morgan fingerprint density at radius 1 is 0.800 bits per heavy atom. The number of Topliss-reactive ketones (excluding diaryl/α,β-unsaturated/α-hetero) is 1. The summed E-state index contributed by atoms with van der Waals surface area (Å²) in [6, 6.07) is 14.6. The van der Waals surface area contributed by atoms with Crippen molar-refractivity contribution in [3.05, 3.63) is 75.9 Å². The van der Waals surface area contributed by atoms with Gasteiger partial charge in [-0.25, -0.2) is 0 Å². The van der Waals surface area contributed by atoms with Gasteiger partial charge in [-0.05, 0) is 89.6 Å². The Morgan fingerprint density at radius 3 is 2.20 bits per heavy atom. The summed E-state index contributed by atoms with van der Waals surface area (Å²) >= 11 is 0. The number of piperidine rings is 1. The Kier molecular flexibility index (Phi) is 11.3. The number of fused-ring (bicyclic) bond motifs is 1. The molecule has 1 aliphatic carbocycles. The second-order valence-corrected chi connectivity index (χ2v) is 10.5. The molecule has 4 rings (SSSR count). The van der Waals surface area contributed by atoms with Gasteiger partial charge in [0.2, 0.25) is 0 Å². The van der Waals surface area contributed by atoms with Crippen molar-refractivity contribution in [3.8, 4) is 0 Å². The zero-order valence-corrected chi connectivity index (χ0v) is 22.8. The molecule has 35 heavy (non-hydrogen) atoms. The van der Waals surface area contributed by atoms with Crippen LogP contribution in [-0.4, -0.2) is 30.3 Å². The predicted octanol–water partition coefficient (Wildman–Crippen LogP) is 8.74. The average molecular weight is 474 g/mol. The van der Waals surface area contributed by atoms with Crippen LogP contribution in [0.15, 0.2) is 48.0 Å². The van der Waals surface area contributed by atoms with Gasteiger partial charge in [0.05, 0.1) is 0 Å². The SMILES string of the molecule is CCCCCCC1=C(C(=O)c2ccc(C)cc2)c2ccc(C)cc2CC1.CCCN1CCCCC1. The predicted molar refractivity (Wildman–Crippen MR) is 151 cm³/mol. The summed E-state index contributed by atoms with van der Waals surface area (Å²) in [6.45, 7) is 12.7. The van der Waals surface area contributed by atoms with Crippen molar-refractivity contribution >= 4 is 11.4 Å². The highest BCUT2D eigenvalue weighted by Gasteiger charge is 2.25. The molecule has 0 spiro atoms. The van der Waals surface area contributed by atoms with Crippen LogP contribution in [0.2, 0.25) is 0 Å². The molecule has 190 valence electrons. The summed E-state index contributed by atoms with van der Waals surface area (Å²) in [7, 11) is 0. The number of unbranched alkanes of at least 4 members (excludes halogenated alkanes) is 3. The number of aryl methyl sites for hydroxylation is 3. The van der Waals surface area contributed by atoms with Gasteiger partial charge in [-0.15, -0.1) is 0 Å². The van der Waals surface area contributed by atoms with E-state index in [1.54, 1.807) is 0 Å². The lowest BCUT2D eigenvalue weighted by Crippen LogP contribution is -2.30. The molecule has 0 saturated carbocycles. The normalized spacial score (nSPS) is 15.9. The standard InChI is InChI=1S/C25H30O.C8H17N/c1-4-5-6-7-8-20-14-15-22-17-19(3)11-16-23(22)24(20)25(26)21-12-9-18(2)10-13-21;1-2-6-9-7-4-3-5-8-9/h9-13,16-17H,4-8,14-15H2,1-3H3;2-8H2,1H3. The highest BCUT2D eigenvalue weighted by molar-refractivity contribution is 6.30. The van der Waals surface area contributed by atoms with Crippen molar-refractivity contribution in [3.63, 3.8) is 0 Å². The molecule has 1 fully saturated rings. The highest BCUT2D eigenvalue weighted by atomic mass is 16.1. The lowest BCUT2D eigenvalue weighted by atomic mass is 9.80. The van der Waals surface area contributed by atoms with Crippen LogP contribution in [-0.2, 0) is 6.42 Å². The highest BCUT2D eigenvalue weighted by Crippen LogP contribution is 2.36. The molecule has 1 heterocycles. The van der Waals surface area contributed by atoms with Gasteiger partial charge in [-0.3, -0.25) is 4.79 Å². The van der Waals surface area contributed by atoms with E-state index in [2.05, 4.69) is 50.8 Å². The molecule has 0 amide bonds. The molecule has 0 N–H and O–H groups in total. The minimum atomic E-state index is 0.195. The number of hydrogen-bond acceptors (Lipinski definition) is 2. The third-order valence-corrected chi connectivity index (χ3v) is 7.44. The monoisotopic (exact) mass is 473 g/mol. The molecule has 1 aliphatic heterocycles. The zero-order valence-electron chi connectivity index (χ0n) is 22.8. The Morgan fingerprint density at radius 2 is 1.51 bits per heavy atom. The maximum atomic E-state index is 13.4. The fraction of sp³-hybridized carbons (Fsp3) is 0.545. The largest absolute Gasteiger partial charge is 0.303 e. The van der Waals surface area contributed by atoms with Crippen molar-refractivity contribution in [1.82, 2.24) is 4.90 Å². The van der Waals surface area contributed by atoms with Crippen LogP contribution in [0.5, 0.6) is 0 Å². The van der Waals surface area contributed by atoms with E-state index in [-0.39, 0.29) is 5.78 Å². The minimum absolute atomic E-state index is 0.195. The molecule has 2 aliphatic rings.